The van der Waals surface area contributed by atoms with Crippen molar-refractivity contribution in [1.29, 1.82) is 0 Å². The number of H-pyrrole nitrogens is 2. The summed E-state index contributed by atoms with van der Waals surface area (Å²) < 4.78 is 0. The molecule has 0 aliphatic heterocycles. The predicted molar refractivity (Wildman–Crippen MR) is 114 cm³/mol. The van der Waals surface area contributed by atoms with Crippen LogP contribution in [0, 0.1) is 0 Å². The molecule has 5 heteroatoms. The number of nitrogens with zero attached hydrogens (tertiary/aromatic N) is 1. The van der Waals surface area contributed by atoms with Gasteiger partial charge in [-0.05, 0) is 42.0 Å². The second-order valence-electron chi connectivity index (χ2n) is 7.75. The number of para-hydroxylation sites is 1. The number of hydrogen-bond donors (Lipinski definition) is 3. The number of carbonyl (C=O) groups is 1. The molecule has 29 heavy (non-hydrogen) atoms. The van der Waals surface area contributed by atoms with Crippen LogP contribution >= 0.6 is 0 Å². The lowest BCUT2D eigenvalue weighted by Crippen LogP contribution is -2.34. The van der Waals surface area contributed by atoms with Crippen LogP contribution in [-0.2, 0) is 11.2 Å². The van der Waals surface area contributed by atoms with Gasteiger partial charge in [0.2, 0.25) is 5.91 Å². The summed E-state index contributed by atoms with van der Waals surface area (Å²) in [5.41, 5.74) is 5.68. The molecule has 1 amide bonds. The Kier molecular flexibility index (Phi) is 4.64. The molecule has 0 saturated heterocycles. The summed E-state index contributed by atoms with van der Waals surface area (Å²) in [6, 6.07) is 18.7. The third-order valence-corrected chi connectivity index (χ3v) is 6.03. The van der Waals surface area contributed by atoms with Gasteiger partial charge in [0, 0.05) is 29.6 Å². The van der Waals surface area contributed by atoms with E-state index in [1.165, 1.54) is 22.1 Å². The lowest BCUT2D eigenvalue weighted by Gasteiger charge is -2.23. The SMILES string of the molecule is O=C(NCC(c1ccccc1)c1c[nH]c2ccccc12)C1CCCc2cn[nH]c21. The fraction of sp³-hybridized carbons (Fsp3) is 0.250. The Hall–Kier alpha value is -3.34. The van der Waals surface area contributed by atoms with Crippen LogP contribution in [-0.4, -0.2) is 27.6 Å². The zero-order valence-electron chi connectivity index (χ0n) is 16.2. The molecule has 1 aliphatic carbocycles. The highest BCUT2D eigenvalue weighted by atomic mass is 16.1. The Morgan fingerprint density at radius 1 is 1.14 bits per heavy atom. The van der Waals surface area contributed by atoms with Gasteiger partial charge in [-0.1, -0.05) is 48.5 Å². The summed E-state index contributed by atoms with van der Waals surface area (Å²) >= 11 is 0. The van der Waals surface area contributed by atoms with Crippen LogP contribution in [0.5, 0.6) is 0 Å². The molecule has 2 atom stereocenters. The lowest BCUT2D eigenvalue weighted by molar-refractivity contribution is -0.123. The zero-order valence-corrected chi connectivity index (χ0v) is 16.2. The second-order valence-corrected chi connectivity index (χ2v) is 7.75. The smallest absolute Gasteiger partial charge is 0.229 e. The number of carbonyl (C=O) groups excluding carboxylic acids is 1. The number of aryl methyl sites for hydroxylation is 1. The summed E-state index contributed by atoms with van der Waals surface area (Å²) in [6.07, 6.45) is 6.81. The first kappa shape index (κ1) is 17.7. The highest BCUT2D eigenvalue weighted by Gasteiger charge is 2.29. The summed E-state index contributed by atoms with van der Waals surface area (Å²) in [5.74, 6) is 0.0257. The maximum Gasteiger partial charge on any atom is 0.229 e. The first-order chi connectivity index (χ1) is 14.3. The fourth-order valence-electron chi connectivity index (χ4n) is 4.53. The molecule has 1 aliphatic rings. The predicted octanol–water partition coefficient (Wildman–Crippen LogP) is 4.26. The average Bonchev–Trinajstić information content (AvgIpc) is 3.42. The number of aromatic amines is 2. The fourth-order valence-corrected chi connectivity index (χ4v) is 4.53. The Labute approximate surface area is 169 Å². The molecule has 0 saturated carbocycles. The van der Waals surface area contributed by atoms with E-state index in [4.69, 9.17) is 0 Å². The van der Waals surface area contributed by atoms with Crippen molar-refractivity contribution >= 4 is 16.8 Å². The average molecular weight is 384 g/mol. The van der Waals surface area contributed by atoms with Crippen molar-refractivity contribution in [3.63, 3.8) is 0 Å². The highest BCUT2D eigenvalue weighted by molar-refractivity contribution is 5.85. The third-order valence-electron chi connectivity index (χ3n) is 6.03. The monoisotopic (exact) mass is 384 g/mol. The zero-order chi connectivity index (χ0) is 19.6. The third kappa shape index (κ3) is 3.33. The summed E-state index contributed by atoms with van der Waals surface area (Å²) in [7, 11) is 0. The van der Waals surface area contributed by atoms with Gasteiger partial charge in [-0.25, -0.2) is 0 Å². The van der Waals surface area contributed by atoms with Gasteiger partial charge in [0.15, 0.2) is 0 Å². The molecular formula is C24H24N4O. The Morgan fingerprint density at radius 3 is 2.86 bits per heavy atom. The summed E-state index contributed by atoms with van der Waals surface area (Å²) in [5, 5.41) is 11.6. The molecule has 146 valence electrons. The molecule has 0 bridgehead atoms. The number of benzene rings is 2. The quantitative estimate of drug-likeness (QED) is 0.481. The van der Waals surface area contributed by atoms with E-state index >= 15 is 0 Å². The molecule has 0 fully saturated rings. The van der Waals surface area contributed by atoms with Gasteiger partial charge in [-0.2, -0.15) is 5.10 Å². The van der Waals surface area contributed by atoms with Crippen molar-refractivity contribution < 1.29 is 4.79 Å². The maximum atomic E-state index is 13.1. The van der Waals surface area contributed by atoms with E-state index in [1.54, 1.807) is 0 Å². The van der Waals surface area contributed by atoms with Gasteiger partial charge in [0.25, 0.3) is 0 Å². The van der Waals surface area contributed by atoms with Crippen LogP contribution < -0.4 is 5.32 Å². The molecule has 0 spiro atoms. The summed E-state index contributed by atoms with van der Waals surface area (Å²) in [4.78, 5) is 16.4. The van der Waals surface area contributed by atoms with Crippen LogP contribution in [0.4, 0.5) is 0 Å². The van der Waals surface area contributed by atoms with Crippen molar-refractivity contribution in [2.45, 2.75) is 31.1 Å². The van der Waals surface area contributed by atoms with Crippen LogP contribution in [0.25, 0.3) is 10.9 Å². The van der Waals surface area contributed by atoms with Crippen molar-refractivity contribution in [3.05, 3.63) is 89.4 Å². The van der Waals surface area contributed by atoms with Crippen LogP contribution in [0.1, 0.15) is 47.1 Å². The van der Waals surface area contributed by atoms with E-state index in [2.05, 4.69) is 69.2 Å². The number of amides is 1. The molecular weight excluding hydrogens is 360 g/mol. The van der Waals surface area contributed by atoms with E-state index in [0.29, 0.717) is 6.54 Å². The molecule has 2 unspecified atom stereocenters. The normalized spacial score (nSPS) is 17.0. The molecule has 3 N–H and O–H groups in total. The van der Waals surface area contributed by atoms with Crippen molar-refractivity contribution in [3.8, 4) is 0 Å². The lowest BCUT2D eigenvalue weighted by atomic mass is 9.86. The first-order valence-corrected chi connectivity index (χ1v) is 10.2. The minimum absolute atomic E-state index is 0.0796. The van der Waals surface area contributed by atoms with E-state index in [1.807, 2.05) is 18.3 Å². The highest BCUT2D eigenvalue weighted by Crippen LogP contribution is 2.32. The molecule has 4 aromatic rings. The molecule has 5 rings (SSSR count). The topological polar surface area (TPSA) is 73.6 Å². The van der Waals surface area contributed by atoms with Gasteiger partial charge in [-0.3, -0.25) is 9.89 Å². The molecule has 2 heterocycles. The van der Waals surface area contributed by atoms with Gasteiger partial charge in [0.1, 0.15) is 0 Å². The van der Waals surface area contributed by atoms with E-state index in [-0.39, 0.29) is 17.7 Å². The molecule has 2 aromatic carbocycles. The van der Waals surface area contributed by atoms with Crippen molar-refractivity contribution in [1.82, 2.24) is 20.5 Å². The Morgan fingerprint density at radius 2 is 1.97 bits per heavy atom. The standard InChI is InChI=1S/C24H24N4O/c29-24(19-11-6-9-17-13-27-28-23(17)19)26-14-20(16-7-2-1-3-8-16)21-15-25-22-12-5-4-10-18(21)22/h1-5,7-8,10,12-13,15,19-20,25H,6,9,11,14H2,(H,26,29)(H,27,28). The van der Waals surface area contributed by atoms with Gasteiger partial charge >= 0.3 is 0 Å². The summed E-state index contributed by atoms with van der Waals surface area (Å²) in [6.45, 7) is 0.560. The number of aromatic nitrogens is 3. The van der Waals surface area contributed by atoms with Crippen LogP contribution in [0.2, 0.25) is 0 Å². The van der Waals surface area contributed by atoms with Crippen LogP contribution in [0.15, 0.2) is 67.0 Å². The van der Waals surface area contributed by atoms with Gasteiger partial charge in [0.05, 0.1) is 17.8 Å². The molecule has 2 aromatic heterocycles. The van der Waals surface area contributed by atoms with E-state index < -0.39 is 0 Å². The number of fused-ring (bicyclic) bond motifs is 2. The largest absolute Gasteiger partial charge is 0.361 e. The second kappa shape index (κ2) is 7.59. The van der Waals surface area contributed by atoms with Gasteiger partial charge in [-0.15, -0.1) is 0 Å². The van der Waals surface area contributed by atoms with Crippen LogP contribution in [0.3, 0.4) is 0 Å². The molecule has 0 radical (unpaired) electrons. The number of hydrogen-bond acceptors (Lipinski definition) is 2. The van der Waals surface area contributed by atoms with Gasteiger partial charge < -0.3 is 10.3 Å². The van der Waals surface area contributed by atoms with E-state index in [0.717, 1.165) is 30.5 Å². The Balaban J connectivity index is 1.42. The van der Waals surface area contributed by atoms with E-state index in [9.17, 15) is 4.79 Å². The minimum atomic E-state index is -0.138. The first-order valence-electron chi connectivity index (χ1n) is 10.2. The number of nitrogens with one attached hydrogen (secondary N) is 3. The number of rotatable bonds is 5. The molecule has 5 nitrogen and oxygen atoms in total. The van der Waals surface area contributed by atoms with Crippen molar-refractivity contribution in [2.24, 2.45) is 0 Å². The van der Waals surface area contributed by atoms with Crippen molar-refractivity contribution in [2.75, 3.05) is 6.54 Å². The Bertz CT molecular complexity index is 1130. The maximum absolute atomic E-state index is 13.1. The minimum Gasteiger partial charge on any atom is -0.361 e.